The second kappa shape index (κ2) is 6.57. The Labute approximate surface area is 114 Å². The minimum absolute atomic E-state index is 0.756. The van der Waals surface area contributed by atoms with Crippen LogP contribution < -0.4 is 10.1 Å². The fourth-order valence-electron chi connectivity index (χ4n) is 2.01. The average molecular weight is 261 g/mol. The van der Waals surface area contributed by atoms with Gasteiger partial charge in [0, 0.05) is 19.0 Å². The zero-order valence-electron chi connectivity index (χ0n) is 12.0. The summed E-state index contributed by atoms with van der Waals surface area (Å²) in [5.74, 6) is 2.64. The molecule has 0 aliphatic rings. The van der Waals surface area contributed by atoms with E-state index in [2.05, 4.69) is 29.1 Å². The number of aromatic nitrogens is 2. The summed E-state index contributed by atoms with van der Waals surface area (Å²) in [7, 11) is 1.68. The molecule has 0 saturated heterocycles. The Morgan fingerprint density at radius 3 is 2.89 bits per heavy atom. The molecule has 0 saturated carbocycles. The van der Waals surface area contributed by atoms with Crippen molar-refractivity contribution in [2.24, 2.45) is 5.92 Å². The quantitative estimate of drug-likeness (QED) is 0.753. The van der Waals surface area contributed by atoms with Crippen LogP contribution in [0.25, 0.3) is 11.0 Å². The lowest BCUT2D eigenvalue weighted by Gasteiger charge is -2.05. The molecular formula is C15H23N3O. The van der Waals surface area contributed by atoms with Crippen molar-refractivity contribution < 1.29 is 4.74 Å². The second-order valence-electron chi connectivity index (χ2n) is 5.25. The predicted octanol–water partition coefficient (Wildman–Crippen LogP) is 2.75. The number of ether oxygens (including phenoxy) is 1. The maximum atomic E-state index is 5.21. The first kappa shape index (κ1) is 13.9. The van der Waals surface area contributed by atoms with E-state index in [0.717, 1.165) is 48.0 Å². The Morgan fingerprint density at radius 2 is 2.16 bits per heavy atom. The van der Waals surface area contributed by atoms with Crippen molar-refractivity contribution in [1.82, 2.24) is 15.3 Å². The number of imidazole rings is 1. The maximum absolute atomic E-state index is 5.21. The third-order valence-electron chi connectivity index (χ3n) is 3.18. The lowest BCUT2D eigenvalue weighted by Crippen LogP contribution is -2.20. The molecule has 0 radical (unpaired) electrons. The Kier molecular flexibility index (Phi) is 4.80. The molecule has 2 rings (SSSR count). The molecule has 1 aromatic carbocycles. The highest BCUT2D eigenvalue weighted by Gasteiger charge is 2.03. The van der Waals surface area contributed by atoms with Gasteiger partial charge in [0.25, 0.3) is 0 Å². The molecule has 0 fully saturated rings. The molecule has 0 atom stereocenters. The summed E-state index contributed by atoms with van der Waals surface area (Å²) in [4.78, 5) is 7.91. The van der Waals surface area contributed by atoms with Crippen molar-refractivity contribution >= 4 is 11.0 Å². The van der Waals surface area contributed by atoms with E-state index in [1.807, 2.05) is 18.2 Å². The molecule has 19 heavy (non-hydrogen) atoms. The van der Waals surface area contributed by atoms with E-state index in [9.17, 15) is 0 Å². The van der Waals surface area contributed by atoms with E-state index < -0.39 is 0 Å². The third-order valence-corrected chi connectivity index (χ3v) is 3.18. The number of fused-ring (bicyclic) bond motifs is 1. The van der Waals surface area contributed by atoms with E-state index in [1.165, 1.54) is 6.42 Å². The van der Waals surface area contributed by atoms with Crippen molar-refractivity contribution in [3.8, 4) is 5.75 Å². The second-order valence-corrected chi connectivity index (χ2v) is 5.25. The Bertz CT molecular complexity index is 519. The lowest BCUT2D eigenvalue weighted by atomic mass is 10.1. The topological polar surface area (TPSA) is 49.9 Å². The van der Waals surface area contributed by atoms with Gasteiger partial charge in [0.15, 0.2) is 0 Å². The van der Waals surface area contributed by atoms with E-state index in [-0.39, 0.29) is 0 Å². The number of nitrogens with one attached hydrogen (secondary N) is 2. The predicted molar refractivity (Wildman–Crippen MR) is 78.7 cm³/mol. The molecule has 104 valence electrons. The van der Waals surface area contributed by atoms with Crippen LogP contribution in [0.5, 0.6) is 5.75 Å². The molecule has 0 amide bonds. The number of H-pyrrole nitrogens is 1. The number of aromatic amines is 1. The minimum atomic E-state index is 0.756. The van der Waals surface area contributed by atoms with Crippen molar-refractivity contribution in [1.29, 1.82) is 0 Å². The highest BCUT2D eigenvalue weighted by molar-refractivity contribution is 5.76. The summed E-state index contributed by atoms with van der Waals surface area (Å²) in [5, 5.41) is 3.45. The SMILES string of the molecule is COc1ccc2nc(CCNCCC(C)C)[nH]c2c1. The van der Waals surface area contributed by atoms with E-state index in [0.29, 0.717) is 0 Å². The number of hydrogen-bond acceptors (Lipinski definition) is 3. The molecule has 2 aromatic rings. The molecule has 1 heterocycles. The zero-order chi connectivity index (χ0) is 13.7. The first-order valence-corrected chi connectivity index (χ1v) is 6.92. The summed E-state index contributed by atoms with van der Waals surface area (Å²) in [5.41, 5.74) is 2.04. The van der Waals surface area contributed by atoms with Gasteiger partial charge < -0.3 is 15.0 Å². The van der Waals surface area contributed by atoms with Crippen LogP contribution in [0.3, 0.4) is 0 Å². The van der Waals surface area contributed by atoms with Crippen LogP contribution >= 0.6 is 0 Å². The van der Waals surface area contributed by atoms with Crippen LogP contribution in [0.1, 0.15) is 26.1 Å². The van der Waals surface area contributed by atoms with Crippen molar-refractivity contribution in [3.63, 3.8) is 0 Å². The first-order valence-electron chi connectivity index (χ1n) is 6.92. The van der Waals surface area contributed by atoms with Gasteiger partial charge in [0.1, 0.15) is 11.6 Å². The molecule has 0 aliphatic heterocycles. The van der Waals surface area contributed by atoms with Gasteiger partial charge in [-0.15, -0.1) is 0 Å². The maximum Gasteiger partial charge on any atom is 0.121 e. The van der Waals surface area contributed by atoms with Gasteiger partial charge >= 0.3 is 0 Å². The molecule has 2 N–H and O–H groups in total. The Hall–Kier alpha value is -1.55. The molecule has 4 heteroatoms. The van der Waals surface area contributed by atoms with Gasteiger partial charge in [0.2, 0.25) is 0 Å². The first-order chi connectivity index (χ1) is 9.19. The summed E-state index contributed by atoms with van der Waals surface area (Å²) >= 11 is 0. The van der Waals surface area contributed by atoms with Crippen LogP contribution in [0.2, 0.25) is 0 Å². The molecular weight excluding hydrogens is 238 g/mol. The summed E-state index contributed by atoms with van der Waals surface area (Å²) in [6.45, 7) is 6.53. The van der Waals surface area contributed by atoms with Gasteiger partial charge in [-0.3, -0.25) is 0 Å². The summed E-state index contributed by atoms with van der Waals surface area (Å²) in [6.07, 6.45) is 2.15. The molecule has 0 aliphatic carbocycles. The lowest BCUT2D eigenvalue weighted by molar-refractivity contribution is 0.415. The molecule has 0 bridgehead atoms. The highest BCUT2D eigenvalue weighted by Crippen LogP contribution is 2.18. The summed E-state index contributed by atoms with van der Waals surface area (Å²) < 4.78 is 5.21. The number of methoxy groups -OCH3 is 1. The molecule has 1 aromatic heterocycles. The highest BCUT2D eigenvalue weighted by atomic mass is 16.5. The largest absolute Gasteiger partial charge is 0.497 e. The molecule has 0 spiro atoms. The van der Waals surface area contributed by atoms with Gasteiger partial charge in [-0.05, 0) is 31.0 Å². The minimum Gasteiger partial charge on any atom is -0.497 e. The number of rotatable bonds is 7. The number of hydrogen-bond donors (Lipinski definition) is 2. The van der Waals surface area contributed by atoms with Gasteiger partial charge in [-0.2, -0.15) is 0 Å². The average Bonchev–Trinajstić information content (AvgIpc) is 2.79. The van der Waals surface area contributed by atoms with Crippen LogP contribution in [0.4, 0.5) is 0 Å². The fourth-order valence-corrected chi connectivity index (χ4v) is 2.01. The van der Waals surface area contributed by atoms with E-state index in [1.54, 1.807) is 7.11 Å². The van der Waals surface area contributed by atoms with Crippen LogP contribution in [-0.4, -0.2) is 30.2 Å². The van der Waals surface area contributed by atoms with Crippen LogP contribution in [0, 0.1) is 5.92 Å². The monoisotopic (exact) mass is 261 g/mol. The van der Waals surface area contributed by atoms with Gasteiger partial charge in [-0.25, -0.2) is 4.98 Å². The Balaban J connectivity index is 1.87. The fraction of sp³-hybridized carbons (Fsp3) is 0.533. The van der Waals surface area contributed by atoms with Gasteiger partial charge in [-0.1, -0.05) is 13.8 Å². The standard InChI is InChI=1S/C15H23N3O/c1-11(2)6-8-16-9-7-15-17-13-5-4-12(19-3)10-14(13)18-15/h4-5,10-11,16H,6-9H2,1-3H3,(H,17,18). The number of nitrogens with zero attached hydrogens (tertiary/aromatic N) is 1. The van der Waals surface area contributed by atoms with Crippen molar-refractivity contribution in [2.45, 2.75) is 26.7 Å². The van der Waals surface area contributed by atoms with Crippen LogP contribution in [0.15, 0.2) is 18.2 Å². The normalized spacial score (nSPS) is 11.4. The van der Waals surface area contributed by atoms with Crippen molar-refractivity contribution in [3.05, 3.63) is 24.0 Å². The van der Waals surface area contributed by atoms with E-state index in [4.69, 9.17) is 4.74 Å². The zero-order valence-corrected chi connectivity index (χ0v) is 12.0. The third kappa shape index (κ3) is 3.96. The number of benzene rings is 1. The van der Waals surface area contributed by atoms with Crippen molar-refractivity contribution in [2.75, 3.05) is 20.2 Å². The van der Waals surface area contributed by atoms with Gasteiger partial charge in [0.05, 0.1) is 18.1 Å². The Morgan fingerprint density at radius 1 is 1.32 bits per heavy atom. The smallest absolute Gasteiger partial charge is 0.121 e. The van der Waals surface area contributed by atoms with Crippen LogP contribution in [-0.2, 0) is 6.42 Å². The molecule has 4 nitrogen and oxygen atoms in total. The summed E-state index contributed by atoms with van der Waals surface area (Å²) in [6, 6.07) is 5.91. The molecule has 0 unspecified atom stereocenters. The van der Waals surface area contributed by atoms with E-state index >= 15 is 0 Å².